The molecular weight excluding hydrogens is 462 g/mol. The fraction of sp³-hybridized carbons (Fsp3) is 0.400. The molecule has 0 aromatic heterocycles. The molecule has 1 heterocycles. The normalized spacial score (nSPS) is 19.1. The van der Waals surface area contributed by atoms with Crippen LogP contribution in [0.1, 0.15) is 29.9 Å². The third kappa shape index (κ3) is 5.12. The Hall–Kier alpha value is -3.53. The van der Waals surface area contributed by atoms with Crippen LogP contribution in [0.4, 0.5) is 13.6 Å². The minimum Gasteiger partial charge on any atom is -0.480 e. The number of carboxylic acid groups (broad SMARTS) is 1. The van der Waals surface area contributed by atoms with Gasteiger partial charge in [-0.15, -0.1) is 0 Å². The average Bonchev–Trinajstić information content (AvgIpc) is 3.34. The van der Waals surface area contributed by atoms with Gasteiger partial charge in [-0.25, -0.2) is 18.4 Å². The van der Waals surface area contributed by atoms with Crippen LogP contribution in [0.2, 0.25) is 0 Å². The third-order valence-electron chi connectivity index (χ3n) is 6.38. The molecule has 1 aliphatic carbocycles. The van der Waals surface area contributed by atoms with E-state index in [1.54, 1.807) is 0 Å². The summed E-state index contributed by atoms with van der Waals surface area (Å²) in [5, 5.41) is 11.7. The standard InChI is InChI=1S/C25H26F2N2O6/c1-34-11-10-20(22(30)29-14-25(26,27)12-21(29)23(31)32)28-24(33)35-13-19-17-8-4-2-6-15(17)16-7-3-5-9-18(16)19/h2-9,19-21H,10-14H2,1H3,(H,28,33)(H,31,32). The van der Waals surface area contributed by atoms with E-state index in [0.29, 0.717) is 4.90 Å². The van der Waals surface area contributed by atoms with Crippen molar-refractivity contribution >= 4 is 18.0 Å². The number of methoxy groups -OCH3 is 1. The van der Waals surface area contributed by atoms with E-state index in [0.717, 1.165) is 22.3 Å². The average molecular weight is 488 g/mol. The number of nitrogens with one attached hydrogen (secondary N) is 1. The second-order valence-corrected chi connectivity index (χ2v) is 8.68. The summed E-state index contributed by atoms with van der Waals surface area (Å²) in [6.07, 6.45) is -1.91. The van der Waals surface area contributed by atoms with E-state index in [1.807, 2.05) is 48.5 Å². The van der Waals surface area contributed by atoms with Crippen molar-refractivity contribution in [2.45, 2.75) is 36.8 Å². The first kappa shape index (κ1) is 24.6. The largest absolute Gasteiger partial charge is 0.480 e. The molecular formula is C25H26F2N2O6. The highest BCUT2D eigenvalue weighted by molar-refractivity contribution is 5.90. The van der Waals surface area contributed by atoms with Gasteiger partial charge >= 0.3 is 12.1 Å². The van der Waals surface area contributed by atoms with E-state index in [4.69, 9.17) is 9.47 Å². The Bertz CT molecular complexity index is 1080. The number of halogens is 2. The van der Waals surface area contributed by atoms with Gasteiger partial charge in [0.05, 0.1) is 6.54 Å². The lowest BCUT2D eigenvalue weighted by Gasteiger charge is -2.27. The summed E-state index contributed by atoms with van der Waals surface area (Å²) in [7, 11) is 1.39. The summed E-state index contributed by atoms with van der Waals surface area (Å²) in [5.74, 6) is -5.97. The number of carbonyl (C=O) groups excluding carboxylic acids is 2. The molecule has 10 heteroatoms. The van der Waals surface area contributed by atoms with Crippen LogP contribution in [0.3, 0.4) is 0 Å². The number of alkyl halides is 2. The van der Waals surface area contributed by atoms with E-state index >= 15 is 0 Å². The minimum absolute atomic E-state index is 0.00455. The molecule has 0 saturated carbocycles. The predicted octanol–water partition coefficient (Wildman–Crippen LogP) is 3.25. The van der Waals surface area contributed by atoms with Crippen LogP contribution in [0, 0.1) is 0 Å². The molecule has 2 unspecified atom stereocenters. The predicted molar refractivity (Wildman–Crippen MR) is 121 cm³/mol. The van der Waals surface area contributed by atoms with Crippen molar-refractivity contribution in [2.24, 2.45) is 0 Å². The van der Waals surface area contributed by atoms with Crippen LogP contribution in [0.15, 0.2) is 48.5 Å². The highest BCUT2D eigenvalue weighted by Crippen LogP contribution is 2.44. The van der Waals surface area contributed by atoms with Crippen molar-refractivity contribution < 1.29 is 37.7 Å². The Morgan fingerprint density at radius 2 is 1.71 bits per heavy atom. The van der Waals surface area contributed by atoms with E-state index in [2.05, 4.69) is 5.32 Å². The van der Waals surface area contributed by atoms with E-state index in [1.165, 1.54) is 7.11 Å². The van der Waals surface area contributed by atoms with Crippen molar-refractivity contribution in [1.29, 1.82) is 0 Å². The van der Waals surface area contributed by atoms with Gasteiger partial charge in [0, 0.05) is 32.5 Å². The Morgan fingerprint density at radius 3 is 2.29 bits per heavy atom. The number of alkyl carbamates (subject to hydrolysis) is 1. The first-order valence-corrected chi connectivity index (χ1v) is 11.2. The van der Waals surface area contributed by atoms with Crippen molar-refractivity contribution in [2.75, 3.05) is 26.9 Å². The fourth-order valence-corrected chi connectivity index (χ4v) is 4.74. The highest BCUT2D eigenvalue weighted by Gasteiger charge is 2.51. The number of nitrogens with zero attached hydrogens (tertiary/aromatic N) is 1. The number of ether oxygens (including phenoxy) is 2. The molecule has 0 radical (unpaired) electrons. The van der Waals surface area contributed by atoms with Gasteiger partial charge in [0.25, 0.3) is 5.92 Å². The van der Waals surface area contributed by atoms with Gasteiger partial charge in [-0.3, -0.25) is 4.79 Å². The lowest BCUT2D eigenvalue weighted by molar-refractivity contribution is -0.149. The maximum atomic E-state index is 13.9. The summed E-state index contributed by atoms with van der Waals surface area (Å²) in [6.45, 7) is -0.981. The van der Waals surface area contributed by atoms with Crippen molar-refractivity contribution in [3.8, 4) is 11.1 Å². The molecule has 2 amide bonds. The summed E-state index contributed by atoms with van der Waals surface area (Å²) >= 11 is 0. The molecule has 0 bridgehead atoms. The van der Waals surface area contributed by atoms with Gasteiger partial charge in [-0.2, -0.15) is 0 Å². The zero-order valence-electron chi connectivity index (χ0n) is 19.1. The smallest absolute Gasteiger partial charge is 0.407 e. The van der Waals surface area contributed by atoms with Crippen LogP contribution in [-0.2, 0) is 19.1 Å². The van der Waals surface area contributed by atoms with Gasteiger partial charge in [-0.05, 0) is 22.3 Å². The SMILES string of the molecule is COCCC(NC(=O)OCC1c2ccccc2-c2ccccc21)C(=O)N1CC(F)(F)CC1C(=O)O. The van der Waals surface area contributed by atoms with E-state index < -0.39 is 48.9 Å². The number of benzene rings is 2. The quantitative estimate of drug-likeness (QED) is 0.591. The summed E-state index contributed by atoms with van der Waals surface area (Å²) in [5.41, 5.74) is 4.13. The van der Waals surface area contributed by atoms with Crippen LogP contribution < -0.4 is 5.32 Å². The molecule has 1 fully saturated rings. The van der Waals surface area contributed by atoms with Crippen LogP contribution >= 0.6 is 0 Å². The van der Waals surface area contributed by atoms with Crippen LogP contribution in [-0.4, -0.2) is 72.9 Å². The molecule has 0 spiro atoms. The molecule has 2 aromatic carbocycles. The lowest BCUT2D eigenvalue weighted by Crippen LogP contribution is -2.52. The number of hydrogen-bond donors (Lipinski definition) is 2. The molecule has 1 saturated heterocycles. The first-order valence-electron chi connectivity index (χ1n) is 11.2. The molecule has 2 N–H and O–H groups in total. The van der Waals surface area contributed by atoms with Crippen molar-refractivity contribution in [3.63, 3.8) is 0 Å². The summed E-state index contributed by atoms with van der Waals surface area (Å²) < 4.78 is 38.2. The molecule has 35 heavy (non-hydrogen) atoms. The van der Waals surface area contributed by atoms with Gasteiger partial charge in [0.2, 0.25) is 5.91 Å². The number of aliphatic carboxylic acids is 1. The number of carbonyl (C=O) groups is 3. The first-order chi connectivity index (χ1) is 16.7. The van der Waals surface area contributed by atoms with E-state index in [-0.39, 0.29) is 25.6 Å². The lowest BCUT2D eigenvalue weighted by atomic mass is 9.98. The second-order valence-electron chi connectivity index (χ2n) is 8.68. The Balaban J connectivity index is 1.45. The minimum atomic E-state index is -3.33. The number of rotatable bonds is 8. The maximum absolute atomic E-state index is 13.9. The van der Waals surface area contributed by atoms with Gasteiger partial charge < -0.3 is 24.8 Å². The number of likely N-dealkylation sites (tertiary alicyclic amines) is 1. The number of carboxylic acids is 1. The monoisotopic (exact) mass is 488 g/mol. The van der Waals surface area contributed by atoms with E-state index in [9.17, 15) is 28.3 Å². The number of amides is 2. The summed E-state index contributed by atoms with van der Waals surface area (Å²) in [6, 6.07) is 12.7. The Labute approximate surface area is 200 Å². The molecule has 4 rings (SSSR count). The maximum Gasteiger partial charge on any atom is 0.407 e. The van der Waals surface area contributed by atoms with Crippen LogP contribution in [0.5, 0.6) is 0 Å². The Kier molecular flexibility index (Phi) is 7.02. The van der Waals surface area contributed by atoms with Gasteiger partial charge in [0.15, 0.2) is 0 Å². The van der Waals surface area contributed by atoms with Crippen molar-refractivity contribution in [3.05, 3.63) is 59.7 Å². The fourth-order valence-electron chi connectivity index (χ4n) is 4.74. The molecule has 2 aliphatic rings. The topological polar surface area (TPSA) is 105 Å². The number of fused-ring (bicyclic) bond motifs is 3. The molecule has 2 aromatic rings. The number of hydrogen-bond acceptors (Lipinski definition) is 5. The van der Waals surface area contributed by atoms with Crippen molar-refractivity contribution in [1.82, 2.24) is 10.2 Å². The zero-order chi connectivity index (χ0) is 25.2. The second kappa shape index (κ2) is 9.99. The highest BCUT2D eigenvalue weighted by atomic mass is 19.3. The molecule has 1 aliphatic heterocycles. The zero-order valence-corrected chi connectivity index (χ0v) is 19.1. The van der Waals surface area contributed by atoms with Gasteiger partial charge in [-0.1, -0.05) is 48.5 Å². The molecule has 2 atom stereocenters. The third-order valence-corrected chi connectivity index (χ3v) is 6.38. The Morgan fingerprint density at radius 1 is 1.11 bits per heavy atom. The van der Waals surface area contributed by atoms with Gasteiger partial charge in [0.1, 0.15) is 18.7 Å². The molecule has 8 nitrogen and oxygen atoms in total. The summed E-state index contributed by atoms with van der Waals surface area (Å²) in [4.78, 5) is 37.7. The van der Waals surface area contributed by atoms with Crippen LogP contribution in [0.25, 0.3) is 11.1 Å². The molecule has 186 valence electrons.